The third-order valence-corrected chi connectivity index (χ3v) is 10.1. The molecule has 2 N–H and O–H groups in total. The van der Waals surface area contributed by atoms with E-state index in [4.69, 9.17) is 9.47 Å². The third-order valence-electron chi connectivity index (χ3n) is 10.1. The van der Waals surface area contributed by atoms with Crippen LogP contribution in [0.1, 0.15) is 174 Å². The Hall–Kier alpha value is -1.74. The fourth-order valence-electron chi connectivity index (χ4n) is 6.91. The van der Waals surface area contributed by atoms with E-state index >= 15 is 0 Å². The van der Waals surface area contributed by atoms with Crippen LogP contribution >= 0.6 is 0 Å². The Kier molecular flexibility index (Phi) is 29.3. The maximum Gasteiger partial charge on any atom is 0.243 e. The Morgan fingerprint density at radius 2 is 0.765 bits per heavy atom. The van der Waals surface area contributed by atoms with Gasteiger partial charge >= 0.3 is 0 Å². The molecule has 2 aromatic rings. The zero-order chi connectivity index (χ0) is 36.5. The van der Waals surface area contributed by atoms with E-state index in [1.807, 2.05) is 21.5 Å². The van der Waals surface area contributed by atoms with Crippen LogP contribution in [0.25, 0.3) is 0 Å². The van der Waals surface area contributed by atoms with Crippen LogP contribution < -0.4 is 9.13 Å². The van der Waals surface area contributed by atoms with Gasteiger partial charge in [0.1, 0.15) is 50.1 Å². The van der Waals surface area contributed by atoms with Gasteiger partial charge in [0.2, 0.25) is 12.7 Å². The van der Waals surface area contributed by atoms with Crippen molar-refractivity contribution in [3.8, 4) is 0 Å². The molecule has 0 aliphatic carbocycles. The van der Waals surface area contributed by atoms with E-state index in [0.717, 1.165) is 45.6 Å². The van der Waals surface area contributed by atoms with Gasteiger partial charge in [0.05, 0.1) is 26.3 Å². The van der Waals surface area contributed by atoms with Crippen LogP contribution in [0.15, 0.2) is 37.4 Å². The molecule has 8 heteroatoms. The predicted octanol–water partition coefficient (Wildman–Crippen LogP) is 9.11. The molecule has 51 heavy (non-hydrogen) atoms. The number of aliphatic hydroxyl groups excluding tert-OH is 2. The van der Waals surface area contributed by atoms with E-state index in [1.165, 1.54) is 141 Å². The molecule has 2 atom stereocenters. The molecule has 0 aliphatic rings. The number of rotatable bonds is 38. The highest BCUT2D eigenvalue weighted by atomic mass is 16.5. The summed E-state index contributed by atoms with van der Waals surface area (Å²) in [6.45, 7) is 9.74. The molecule has 0 amide bonds. The predicted molar refractivity (Wildman–Crippen MR) is 210 cm³/mol. The van der Waals surface area contributed by atoms with Gasteiger partial charge in [-0.2, -0.15) is 0 Å². The first-order chi connectivity index (χ1) is 25.1. The van der Waals surface area contributed by atoms with Crippen molar-refractivity contribution >= 4 is 0 Å². The van der Waals surface area contributed by atoms with Gasteiger partial charge < -0.3 is 19.7 Å². The van der Waals surface area contributed by atoms with Crippen LogP contribution in [0.2, 0.25) is 0 Å². The molecule has 0 saturated heterocycles. The molecule has 296 valence electrons. The molecule has 0 aromatic carbocycles. The smallest absolute Gasteiger partial charge is 0.243 e. The number of aliphatic hydroxyl groups is 2. The third kappa shape index (κ3) is 26.6. The molecule has 0 aliphatic heterocycles. The lowest BCUT2D eigenvalue weighted by molar-refractivity contribution is -0.703. The van der Waals surface area contributed by atoms with Crippen molar-refractivity contribution in [1.29, 1.82) is 0 Å². The maximum absolute atomic E-state index is 10.5. The van der Waals surface area contributed by atoms with E-state index in [2.05, 4.69) is 48.0 Å². The van der Waals surface area contributed by atoms with Gasteiger partial charge in [-0.05, 0) is 12.8 Å². The molecule has 2 heterocycles. The minimum Gasteiger partial charge on any atom is -0.387 e. The molecule has 2 aromatic heterocycles. The fraction of sp³-hybridized carbons (Fsp3) is 0.860. The summed E-state index contributed by atoms with van der Waals surface area (Å²) < 4.78 is 20.0. The van der Waals surface area contributed by atoms with E-state index in [0.29, 0.717) is 26.3 Å². The second-order valence-electron chi connectivity index (χ2n) is 15.3. The van der Waals surface area contributed by atoms with Crippen molar-refractivity contribution in [3.63, 3.8) is 0 Å². The number of unbranched alkanes of at least 4 members (excludes halogenated alkanes) is 22. The highest BCUT2D eigenvalue weighted by Gasteiger charge is 2.13. The van der Waals surface area contributed by atoms with Gasteiger partial charge in [0.15, 0.2) is 0 Å². The van der Waals surface area contributed by atoms with Crippen LogP contribution in [-0.2, 0) is 35.7 Å². The maximum atomic E-state index is 10.5. The number of hydrogen-bond donors (Lipinski definition) is 2. The van der Waals surface area contributed by atoms with Crippen LogP contribution in [-0.4, -0.2) is 58.0 Å². The molecular formula is C43H82N4O4+2. The molecule has 0 bridgehead atoms. The van der Waals surface area contributed by atoms with Crippen LogP contribution in [0.4, 0.5) is 0 Å². The molecule has 2 unspecified atom stereocenters. The first-order valence-corrected chi connectivity index (χ1v) is 21.7. The van der Waals surface area contributed by atoms with E-state index in [-0.39, 0.29) is 0 Å². The summed E-state index contributed by atoms with van der Waals surface area (Å²) in [5.74, 6) is 0. The van der Waals surface area contributed by atoms with Gasteiger partial charge in [-0.25, -0.2) is 18.3 Å². The normalized spacial score (nSPS) is 12.9. The largest absolute Gasteiger partial charge is 0.387 e. The number of aromatic nitrogens is 4. The minimum atomic E-state index is -0.492. The van der Waals surface area contributed by atoms with E-state index < -0.39 is 12.2 Å². The topological polar surface area (TPSA) is 76.5 Å². The van der Waals surface area contributed by atoms with Crippen molar-refractivity contribution in [2.45, 2.75) is 213 Å². The van der Waals surface area contributed by atoms with E-state index in [9.17, 15) is 10.2 Å². The Morgan fingerprint density at radius 3 is 1.10 bits per heavy atom. The standard InChI is InChI=1S/C43H82N4O4/c1-3-5-7-9-11-13-15-17-19-21-23-25-34-50-38-42(48)36-46-32-30-44(40-46)28-27-29-45-31-33-47(41-45)37-43(49)39-51-35-26-24-22-20-18-16-14-12-10-8-6-4-2/h30-33,40-43,48-49H,3-29,34-39H2,1-2H3/q+2. The molecule has 2 rings (SSSR count). The summed E-state index contributed by atoms with van der Waals surface area (Å²) in [5.41, 5.74) is 0. The summed E-state index contributed by atoms with van der Waals surface area (Å²) in [5, 5.41) is 20.9. The van der Waals surface area contributed by atoms with Crippen molar-refractivity contribution in [2.24, 2.45) is 0 Å². The quantitative estimate of drug-likeness (QED) is 0.0537. The summed E-state index contributed by atoms with van der Waals surface area (Å²) >= 11 is 0. The average Bonchev–Trinajstić information content (AvgIpc) is 3.77. The highest BCUT2D eigenvalue weighted by Crippen LogP contribution is 2.13. The summed E-state index contributed by atoms with van der Waals surface area (Å²) in [6, 6.07) is 0. The zero-order valence-corrected chi connectivity index (χ0v) is 33.5. The first-order valence-electron chi connectivity index (χ1n) is 21.7. The van der Waals surface area contributed by atoms with Gasteiger partial charge in [0.25, 0.3) is 0 Å². The van der Waals surface area contributed by atoms with Crippen LogP contribution in [0.5, 0.6) is 0 Å². The Bertz CT molecular complexity index is 934. The van der Waals surface area contributed by atoms with Crippen molar-refractivity contribution in [2.75, 3.05) is 26.4 Å². The Balaban J connectivity index is 1.41. The number of imidazole rings is 2. The Labute approximate surface area is 314 Å². The fourth-order valence-corrected chi connectivity index (χ4v) is 6.91. The lowest BCUT2D eigenvalue weighted by Crippen LogP contribution is -2.40. The SMILES string of the molecule is CCCCCCCCCCCCCCOCC(O)C[n+]1ccn(CCCn2cc[n+](CC(O)COCCCCCCCCCCCCCC)c2)c1. The zero-order valence-electron chi connectivity index (χ0n) is 33.5. The second kappa shape index (κ2) is 32.9. The van der Waals surface area contributed by atoms with Crippen molar-refractivity contribution < 1.29 is 28.8 Å². The molecule has 0 radical (unpaired) electrons. The van der Waals surface area contributed by atoms with E-state index in [1.54, 1.807) is 0 Å². The van der Waals surface area contributed by atoms with Crippen LogP contribution in [0, 0.1) is 0 Å². The summed E-state index contributed by atoms with van der Waals surface area (Å²) in [7, 11) is 0. The molecular weight excluding hydrogens is 636 g/mol. The molecule has 0 spiro atoms. The van der Waals surface area contributed by atoms with Gasteiger partial charge in [-0.3, -0.25) is 0 Å². The number of nitrogens with zero attached hydrogens (tertiary/aromatic N) is 4. The first kappa shape index (κ1) is 45.4. The number of ether oxygens (including phenoxy) is 2. The Morgan fingerprint density at radius 1 is 0.451 bits per heavy atom. The monoisotopic (exact) mass is 719 g/mol. The molecule has 0 saturated carbocycles. The van der Waals surface area contributed by atoms with Crippen molar-refractivity contribution in [3.05, 3.63) is 37.4 Å². The summed E-state index contributed by atoms with van der Waals surface area (Å²) in [4.78, 5) is 0. The second-order valence-corrected chi connectivity index (χ2v) is 15.3. The molecule has 8 nitrogen and oxygen atoms in total. The highest BCUT2D eigenvalue weighted by molar-refractivity contribution is 4.70. The number of aryl methyl sites for hydroxylation is 2. The average molecular weight is 719 g/mol. The molecule has 0 fully saturated rings. The minimum absolute atomic E-state index is 0.393. The lowest BCUT2D eigenvalue weighted by atomic mass is 10.1. The van der Waals surface area contributed by atoms with Gasteiger partial charge in [0, 0.05) is 19.6 Å². The summed E-state index contributed by atoms with van der Waals surface area (Å²) in [6.07, 6.45) is 44.5. The van der Waals surface area contributed by atoms with Gasteiger partial charge in [-0.15, -0.1) is 0 Å². The van der Waals surface area contributed by atoms with Crippen molar-refractivity contribution in [1.82, 2.24) is 9.13 Å². The van der Waals surface area contributed by atoms with Gasteiger partial charge in [-0.1, -0.05) is 155 Å². The van der Waals surface area contributed by atoms with Crippen LogP contribution in [0.3, 0.4) is 0 Å². The lowest BCUT2D eigenvalue weighted by Gasteiger charge is -2.09. The number of hydrogen-bond acceptors (Lipinski definition) is 4.